The third kappa shape index (κ3) is 3.39. The number of nitrogens with zero attached hydrogens (tertiary/aromatic N) is 3. The minimum Gasteiger partial charge on any atom is -0.342 e. The van der Waals surface area contributed by atoms with Gasteiger partial charge in [0.25, 0.3) is 5.91 Å². The first-order valence-electron chi connectivity index (χ1n) is 7.80. The van der Waals surface area contributed by atoms with Crippen molar-refractivity contribution in [3.05, 3.63) is 66.1 Å². The Labute approximate surface area is 135 Å². The van der Waals surface area contributed by atoms with Gasteiger partial charge in [-0.2, -0.15) is 0 Å². The van der Waals surface area contributed by atoms with Crippen LogP contribution in [0.25, 0.3) is 5.65 Å². The van der Waals surface area contributed by atoms with Crippen LogP contribution in [0.1, 0.15) is 42.5 Å². The number of carbonyl (C=O) groups excluding carboxylic acids is 1. The first-order chi connectivity index (χ1) is 11.1. The van der Waals surface area contributed by atoms with E-state index < -0.39 is 0 Å². The lowest BCUT2D eigenvalue weighted by Gasteiger charge is -2.19. The molecule has 0 aliphatic carbocycles. The van der Waals surface area contributed by atoms with Gasteiger partial charge in [0.1, 0.15) is 0 Å². The molecule has 0 saturated heterocycles. The molecule has 0 radical (unpaired) electrons. The summed E-state index contributed by atoms with van der Waals surface area (Å²) in [6.45, 7) is 4.26. The van der Waals surface area contributed by atoms with Crippen LogP contribution >= 0.6 is 0 Å². The van der Waals surface area contributed by atoms with Crippen LogP contribution < -0.4 is 5.32 Å². The Balaban J connectivity index is 1.90. The van der Waals surface area contributed by atoms with Crippen LogP contribution in [0, 0.1) is 5.92 Å². The summed E-state index contributed by atoms with van der Waals surface area (Å²) in [6, 6.07) is 14.8. The average Bonchev–Trinajstić information content (AvgIpc) is 2.98. The Kier molecular flexibility index (Phi) is 4.37. The van der Waals surface area contributed by atoms with Gasteiger partial charge in [-0.3, -0.25) is 9.20 Å². The normalized spacial score (nSPS) is 12.5. The predicted molar refractivity (Wildman–Crippen MR) is 89.1 cm³/mol. The maximum atomic E-state index is 12.5. The van der Waals surface area contributed by atoms with Crippen molar-refractivity contribution < 1.29 is 4.79 Å². The van der Waals surface area contributed by atoms with Crippen molar-refractivity contribution in [2.75, 3.05) is 0 Å². The molecule has 0 unspecified atom stereocenters. The highest BCUT2D eigenvalue weighted by molar-refractivity contribution is 5.94. The molecule has 0 fully saturated rings. The number of fused-ring (bicyclic) bond motifs is 1. The largest absolute Gasteiger partial charge is 0.342 e. The lowest BCUT2D eigenvalue weighted by atomic mass is 10.0. The predicted octanol–water partition coefficient (Wildman–Crippen LogP) is 3.25. The SMILES string of the molecule is CC(C)C[C@H](NC(=O)c1ccccc1)c1nnc2ccccn12. The number of aromatic nitrogens is 3. The molecule has 2 aromatic heterocycles. The fourth-order valence-electron chi connectivity index (χ4n) is 2.63. The van der Waals surface area contributed by atoms with Crippen molar-refractivity contribution in [2.24, 2.45) is 5.92 Å². The zero-order chi connectivity index (χ0) is 16.2. The molecule has 1 aromatic carbocycles. The third-order valence-electron chi connectivity index (χ3n) is 3.70. The second kappa shape index (κ2) is 6.60. The zero-order valence-corrected chi connectivity index (χ0v) is 13.3. The van der Waals surface area contributed by atoms with Crippen LogP contribution in [0.4, 0.5) is 0 Å². The first kappa shape index (κ1) is 15.2. The zero-order valence-electron chi connectivity index (χ0n) is 13.3. The number of rotatable bonds is 5. The number of pyridine rings is 1. The van der Waals surface area contributed by atoms with E-state index in [4.69, 9.17) is 0 Å². The van der Waals surface area contributed by atoms with Crippen molar-refractivity contribution >= 4 is 11.6 Å². The van der Waals surface area contributed by atoms with Crippen LogP contribution in [-0.2, 0) is 0 Å². The Morgan fingerprint density at radius 3 is 2.57 bits per heavy atom. The van der Waals surface area contributed by atoms with Gasteiger partial charge < -0.3 is 5.32 Å². The van der Waals surface area contributed by atoms with Gasteiger partial charge in [-0.1, -0.05) is 38.1 Å². The molecule has 118 valence electrons. The molecule has 3 rings (SSSR count). The summed E-state index contributed by atoms with van der Waals surface area (Å²) < 4.78 is 1.93. The molecule has 0 bridgehead atoms. The fraction of sp³-hybridized carbons (Fsp3) is 0.278. The molecule has 0 saturated carbocycles. The highest BCUT2D eigenvalue weighted by Crippen LogP contribution is 2.21. The Morgan fingerprint density at radius 2 is 1.83 bits per heavy atom. The second-order valence-electron chi connectivity index (χ2n) is 6.01. The monoisotopic (exact) mass is 308 g/mol. The van der Waals surface area contributed by atoms with Crippen molar-refractivity contribution in [3.8, 4) is 0 Å². The van der Waals surface area contributed by atoms with E-state index in [0.717, 1.165) is 17.9 Å². The van der Waals surface area contributed by atoms with Gasteiger partial charge in [-0.25, -0.2) is 0 Å². The van der Waals surface area contributed by atoms with E-state index in [9.17, 15) is 4.79 Å². The average molecular weight is 308 g/mol. The molecule has 0 aliphatic rings. The van der Waals surface area contributed by atoms with Crippen molar-refractivity contribution in [1.29, 1.82) is 0 Å². The fourth-order valence-corrected chi connectivity index (χ4v) is 2.63. The number of carbonyl (C=O) groups is 1. The number of hydrogen-bond acceptors (Lipinski definition) is 3. The lowest BCUT2D eigenvalue weighted by molar-refractivity contribution is 0.0929. The molecule has 1 amide bonds. The Bertz CT molecular complexity index is 795. The molecule has 5 nitrogen and oxygen atoms in total. The standard InChI is InChI=1S/C18H20N4O/c1-13(2)12-15(19-18(23)14-8-4-3-5-9-14)17-21-20-16-10-6-7-11-22(16)17/h3-11,13,15H,12H2,1-2H3,(H,19,23)/t15-/m0/s1. The van der Waals surface area contributed by atoms with Crippen LogP contribution in [0.3, 0.4) is 0 Å². The quantitative estimate of drug-likeness (QED) is 0.787. The molecule has 3 aromatic rings. The van der Waals surface area contributed by atoms with E-state index in [0.29, 0.717) is 11.5 Å². The van der Waals surface area contributed by atoms with Crippen molar-refractivity contribution in [3.63, 3.8) is 0 Å². The van der Waals surface area contributed by atoms with E-state index in [2.05, 4.69) is 29.4 Å². The number of nitrogens with one attached hydrogen (secondary N) is 1. The van der Waals surface area contributed by atoms with Gasteiger partial charge in [0.15, 0.2) is 11.5 Å². The molecular formula is C18H20N4O. The minimum atomic E-state index is -0.180. The highest BCUT2D eigenvalue weighted by atomic mass is 16.1. The summed E-state index contributed by atoms with van der Waals surface area (Å²) in [5.41, 5.74) is 1.43. The van der Waals surface area contributed by atoms with Gasteiger partial charge in [-0.05, 0) is 36.6 Å². The third-order valence-corrected chi connectivity index (χ3v) is 3.70. The van der Waals surface area contributed by atoms with Gasteiger partial charge in [0.2, 0.25) is 0 Å². The highest BCUT2D eigenvalue weighted by Gasteiger charge is 2.22. The van der Waals surface area contributed by atoms with E-state index in [1.807, 2.05) is 59.1 Å². The maximum Gasteiger partial charge on any atom is 0.251 e. The lowest BCUT2D eigenvalue weighted by Crippen LogP contribution is -2.30. The summed E-state index contributed by atoms with van der Waals surface area (Å²) in [5.74, 6) is 1.09. The molecular weight excluding hydrogens is 288 g/mol. The summed E-state index contributed by atoms with van der Waals surface area (Å²) in [5, 5.41) is 11.6. The number of benzene rings is 1. The Morgan fingerprint density at radius 1 is 1.09 bits per heavy atom. The van der Waals surface area contributed by atoms with Gasteiger partial charge >= 0.3 is 0 Å². The first-order valence-corrected chi connectivity index (χ1v) is 7.80. The van der Waals surface area contributed by atoms with Gasteiger partial charge in [-0.15, -0.1) is 10.2 Å². The maximum absolute atomic E-state index is 12.5. The molecule has 1 N–H and O–H groups in total. The topological polar surface area (TPSA) is 59.3 Å². The summed E-state index contributed by atoms with van der Waals surface area (Å²) in [6.07, 6.45) is 2.72. The minimum absolute atomic E-state index is 0.0936. The van der Waals surface area contributed by atoms with E-state index in [1.165, 1.54) is 0 Å². The summed E-state index contributed by atoms with van der Waals surface area (Å²) in [7, 11) is 0. The number of hydrogen-bond donors (Lipinski definition) is 1. The van der Waals surface area contributed by atoms with Gasteiger partial charge in [0.05, 0.1) is 6.04 Å². The summed E-state index contributed by atoms with van der Waals surface area (Å²) in [4.78, 5) is 12.5. The van der Waals surface area contributed by atoms with Crippen LogP contribution in [-0.4, -0.2) is 20.5 Å². The molecule has 5 heteroatoms. The molecule has 1 atom stereocenters. The number of amides is 1. The van der Waals surface area contributed by atoms with Crippen LogP contribution in [0.2, 0.25) is 0 Å². The molecule has 0 aliphatic heterocycles. The van der Waals surface area contributed by atoms with Crippen LogP contribution in [0.5, 0.6) is 0 Å². The van der Waals surface area contributed by atoms with Crippen molar-refractivity contribution in [2.45, 2.75) is 26.3 Å². The van der Waals surface area contributed by atoms with E-state index in [1.54, 1.807) is 0 Å². The van der Waals surface area contributed by atoms with E-state index >= 15 is 0 Å². The molecule has 2 heterocycles. The summed E-state index contributed by atoms with van der Waals surface area (Å²) >= 11 is 0. The van der Waals surface area contributed by atoms with Gasteiger partial charge in [0, 0.05) is 11.8 Å². The van der Waals surface area contributed by atoms with Crippen molar-refractivity contribution in [1.82, 2.24) is 19.9 Å². The molecule has 0 spiro atoms. The second-order valence-corrected chi connectivity index (χ2v) is 6.01. The van der Waals surface area contributed by atoms with Crippen LogP contribution in [0.15, 0.2) is 54.7 Å². The van der Waals surface area contributed by atoms with E-state index in [-0.39, 0.29) is 11.9 Å². The smallest absolute Gasteiger partial charge is 0.251 e. The Hall–Kier alpha value is -2.69. The molecule has 23 heavy (non-hydrogen) atoms.